The topological polar surface area (TPSA) is 74.0 Å². The monoisotopic (exact) mass is 391 g/mol. The lowest BCUT2D eigenvalue weighted by atomic mass is 9.97. The third-order valence-corrected chi connectivity index (χ3v) is 4.39. The maximum Gasteiger partial charge on any atom is 0.319 e. The van der Waals surface area contributed by atoms with E-state index < -0.39 is 23.2 Å². The highest BCUT2D eigenvalue weighted by molar-refractivity contribution is 6.30. The summed E-state index contributed by atoms with van der Waals surface area (Å²) in [5.41, 5.74) is 0.623. The molecule has 140 valence electrons. The van der Waals surface area contributed by atoms with Crippen LogP contribution in [-0.2, 0) is 0 Å². The molecule has 0 saturated heterocycles. The van der Waals surface area contributed by atoms with Crippen molar-refractivity contribution in [2.24, 2.45) is 0 Å². The molecule has 3 aromatic rings. The summed E-state index contributed by atoms with van der Waals surface area (Å²) >= 11 is 5.87. The number of fused-ring (bicyclic) bond motifs is 1. The van der Waals surface area contributed by atoms with Crippen LogP contribution < -0.4 is 16.2 Å². The van der Waals surface area contributed by atoms with Crippen molar-refractivity contribution in [2.45, 2.75) is 12.8 Å². The summed E-state index contributed by atoms with van der Waals surface area (Å²) in [7, 11) is 0. The summed E-state index contributed by atoms with van der Waals surface area (Å²) in [5.74, 6) is -2.38. The summed E-state index contributed by atoms with van der Waals surface area (Å²) in [4.78, 5) is 26.4. The SMILES string of the molecule is C[C@H](CNC(=O)Nc1cccc(Cl)c1)c1c[nH]c(=O)c2cc(F)c(F)cc12. The molecule has 0 fully saturated rings. The largest absolute Gasteiger partial charge is 0.337 e. The number of anilines is 1. The van der Waals surface area contributed by atoms with Crippen molar-refractivity contribution < 1.29 is 13.6 Å². The zero-order valence-electron chi connectivity index (χ0n) is 14.3. The van der Waals surface area contributed by atoms with Crippen LogP contribution in [0.2, 0.25) is 5.02 Å². The van der Waals surface area contributed by atoms with Crippen LogP contribution in [0, 0.1) is 11.6 Å². The number of hydrogen-bond donors (Lipinski definition) is 3. The number of nitrogens with one attached hydrogen (secondary N) is 3. The van der Waals surface area contributed by atoms with Gasteiger partial charge in [0.15, 0.2) is 11.6 Å². The molecule has 0 aliphatic carbocycles. The van der Waals surface area contributed by atoms with Gasteiger partial charge in [-0.3, -0.25) is 4.79 Å². The Morgan fingerprint density at radius 1 is 1.19 bits per heavy atom. The summed E-state index contributed by atoms with van der Waals surface area (Å²) in [6.07, 6.45) is 1.45. The molecule has 1 heterocycles. The van der Waals surface area contributed by atoms with Gasteiger partial charge in [-0.2, -0.15) is 0 Å². The predicted octanol–water partition coefficient (Wildman–Crippen LogP) is 4.38. The van der Waals surface area contributed by atoms with E-state index in [2.05, 4.69) is 15.6 Å². The lowest BCUT2D eigenvalue weighted by Gasteiger charge is -2.16. The van der Waals surface area contributed by atoms with E-state index in [4.69, 9.17) is 11.6 Å². The van der Waals surface area contributed by atoms with Crippen molar-refractivity contribution in [1.29, 1.82) is 0 Å². The van der Waals surface area contributed by atoms with E-state index in [1.54, 1.807) is 31.2 Å². The molecule has 0 unspecified atom stereocenters. The molecule has 0 bridgehead atoms. The van der Waals surface area contributed by atoms with Crippen LogP contribution >= 0.6 is 11.6 Å². The molecule has 5 nitrogen and oxygen atoms in total. The van der Waals surface area contributed by atoms with Gasteiger partial charge in [0.2, 0.25) is 0 Å². The normalized spacial score (nSPS) is 12.0. The standard InChI is InChI=1S/C19H16ClF2N3O2/c1-10(8-24-19(27)25-12-4-2-3-11(20)5-12)15-9-23-18(26)14-7-17(22)16(21)6-13(14)15/h2-7,9-10H,8H2,1H3,(H,23,26)(H2,24,25,27)/t10-/m1/s1. The number of rotatable bonds is 4. The third kappa shape index (κ3) is 4.25. The zero-order valence-corrected chi connectivity index (χ0v) is 15.0. The van der Waals surface area contributed by atoms with Crippen molar-refractivity contribution >= 4 is 34.1 Å². The number of aromatic nitrogens is 1. The number of pyridine rings is 1. The van der Waals surface area contributed by atoms with Crippen LogP contribution in [0.25, 0.3) is 10.8 Å². The average Bonchev–Trinajstić information content (AvgIpc) is 2.62. The predicted molar refractivity (Wildman–Crippen MR) is 101 cm³/mol. The van der Waals surface area contributed by atoms with Gasteiger partial charge in [-0.1, -0.05) is 24.6 Å². The van der Waals surface area contributed by atoms with Crippen LogP contribution in [0.4, 0.5) is 19.3 Å². The van der Waals surface area contributed by atoms with E-state index in [9.17, 15) is 18.4 Å². The summed E-state index contributed by atoms with van der Waals surface area (Å²) in [5, 5.41) is 6.21. The molecule has 1 aromatic heterocycles. The van der Waals surface area contributed by atoms with Crippen molar-refractivity contribution in [3.05, 3.63) is 75.2 Å². The van der Waals surface area contributed by atoms with Crippen LogP contribution in [0.1, 0.15) is 18.4 Å². The summed E-state index contributed by atoms with van der Waals surface area (Å²) in [6.45, 7) is 2.01. The quantitative estimate of drug-likeness (QED) is 0.617. The number of amides is 2. The van der Waals surface area contributed by atoms with Crippen molar-refractivity contribution in [2.75, 3.05) is 11.9 Å². The van der Waals surface area contributed by atoms with E-state index in [-0.39, 0.29) is 17.8 Å². The molecule has 0 saturated carbocycles. The van der Waals surface area contributed by atoms with Crippen LogP contribution in [0.3, 0.4) is 0 Å². The summed E-state index contributed by atoms with van der Waals surface area (Å²) in [6, 6.07) is 8.14. The second-order valence-electron chi connectivity index (χ2n) is 6.13. The number of H-pyrrole nitrogens is 1. The second kappa shape index (κ2) is 7.75. The molecule has 3 rings (SSSR count). The Morgan fingerprint density at radius 2 is 1.89 bits per heavy atom. The number of benzene rings is 2. The Morgan fingerprint density at radius 3 is 2.59 bits per heavy atom. The molecular formula is C19H16ClF2N3O2. The Bertz CT molecular complexity index is 1070. The highest BCUT2D eigenvalue weighted by Crippen LogP contribution is 2.24. The van der Waals surface area contributed by atoms with Gasteiger partial charge in [0, 0.05) is 29.4 Å². The van der Waals surface area contributed by atoms with Crippen LogP contribution in [0.5, 0.6) is 0 Å². The number of halogens is 3. The van der Waals surface area contributed by atoms with Gasteiger partial charge >= 0.3 is 6.03 Å². The van der Waals surface area contributed by atoms with E-state index in [1.807, 2.05) is 0 Å². The van der Waals surface area contributed by atoms with E-state index in [0.717, 1.165) is 12.1 Å². The fourth-order valence-electron chi connectivity index (χ4n) is 2.78. The molecule has 0 aliphatic rings. The third-order valence-electron chi connectivity index (χ3n) is 4.16. The van der Waals surface area contributed by atoms with Crippen molar-refractivity contribution in [3.8, 4) is 0 Å². The van der Waals surface area contributed by atoms with Crippen molar-refractivity contribution in [1.82, 2.24) is 10.3 Å². The van der Waals surface area contributed by atoms with Crippen molar-refractivity contribution in [3.63, 3.8) is 0 Å². The molecule has 0 radical (unpaired) electrons. The smallest absolute Gasteiger partial charge is 0.319 e. The number of carbonyl (C=O) groups excluding carboxylic acids is 1. The minimum Gasteiger partial charge on any atom is -0.337 e. The molecule has 27 heavy (non-hydrogen) atoms. The van der Waals surface area contributed by atoms with Gasteiger partial charge in [-0.15, -0.1) is 0 Å². The summed E-state index contributed by atoms with van der Waals surface area (Å²) < 4.78 is 27.1. The number of carbonyl (C=O) groups is 1. The Kier molecular flexibility index (Phi) is 5.41. The molecule has 0 spiro atoms. The lowest BCUT2D eigenvalue weighted by Crippen LogP contribution is -2.32. The molecule has 2 amide bonds. The molecular weight excluding hydrogens is 376 g/mol. The Labute approximate surface area is 158 Å². The maximum absolute atomic E-state index is 13.6. The molecule has 3 N–H and O–H groups in total. The Hall–Kier alpha value is -2.93. The lowest BCUT2D eigenvalue weighted by molar-refractivity contribution is 0.251. The molecule has 1 atom stereocenters. The minimum atomic E-state index is -1.09. The highest BCUT2D eigenvalue weighted by atomic mass is 35.5. The van der Waals surface area contributed by atoms with E-state index in [0.29, 0.717) is 21.7 Å². The van der Waals surface area contributed by atoms with Gasteiger partial charge in [-0.05, 0) is 41.3 Å². The first-order valence-corrected chi connectivity index (χ1v) is 8.53. The number of urea groups is 1. The fraction of sp³-hybridized carbons (Fsp3) is 0.158. The fourth-order valence-corrected chi connectivity index (χ4v) is 2.97. The zero-order chi connectivity index (χ0) is 19.6. The van der Waals surface area contributed by atoms with E-state index >= 15 is 0 Å². The Balaban J connectivity index is 1.75. The first kappa shape index (κ1) is 18.8. The average molecular weight is 392 g/mol. The van der Waals surface area contributed by atoms with Crippen LogP contribution in [0.15, 0.2) is 47.4 Å². The van der Waals surface area contributed by atoms with Gasteiger partial charge in [0.25, 0.3) is 5.56 Å². The first-order valence-electron chi connectivity index (χ1n) is 8.16. The molecule has 0 aliphatic heterocycles. The highest BCUT2D eigenvalue weighted by Gasteiger charge is 2.15. The van der Waals surface area contributed by atoms with Gasteiger partial charge < -0.3 is 15.6 Å². The van der Waals surface area contributed by atoms with E-state index in [1.165, 1.54) is 6.20 Å². The first-order chi connectivity index (χ1) is 12.8. The maximum atomic E-state index is 13.6. The van der Waals surface area contributed by atoms with Gasteiger partial charge in [-0.25, -0.2) is 13.6 Å². The number of hydrogen-bond acceptors (Lipinski definition) is 2. The van der Waals surface area contributed by atoms with Gasteiger partial charge in [0.1, 0.15) is 0 Å². The molecule has 2 aromatic carbocycles. The molecule has 8 heteroatoms. The van der Waals surface area contributed by atoms with Crippen LogP contribution in [-0.4, -0.2) is 17.6 Å². The number of aromatic amines is 1. The van der Waals surface area contributed by atoms with Gasteiger partial charge in [0.05, 0.1) is 5.39 Å². The minimum absolute atomic E-state index is 0.0571. The second-order valence-corrected chi connectivity index (χ2v) is 6.57.